The summed E-state index contributed by atoms with van der Waals surface area (Å²) in [5.74, 6) is 1.01. The Morgan fingerprint density at radius 3 is 2.54 bits per heavy atom. The summed E-state index contributed by atoms with van der Waals surface area (Å²) in [6.45, 7) is 2.04. The Balaban J connectivity index is 1.75. The molecule has 2 aromatic carbocycles. The highest BCUT2D eigenvalue weighted by atomic mass is 32.2. The number of sulfonamides is 1. The molecule has 1 aromatic heterocycles. The molecule has 1 N–H and O–H groups in total. The summed E-state index contributed by atoms with van der Waals surface area (Å²) in [4.78, 5) is 4.39. The topological polar surface area (TPSA) is 85.1 Å². The third kappa shape index (κ3) is 4.20. The Labute approximate surface area is 140 Å². The Morgan fingerprint density at radius 2 is 1.88 bits per heavy atom. The smallest absolute Gasteiger partial charge is 0.257 e. The van der Waals surface area contributed by atoms with Crippen molar-refractivity contribution in [2.75, 3.05) is 11.0 Å². The van der Waals surface area contributed by atoms with Crippen LogP contribution in [0.4, 0.5) is 5.69 Å². The third-order valence-electron chi connectivity index (χ3n) is 3.35. The highest BCUT2D eigenvalue weighted by Gasteiger charge is 2.10. The summed E-state index contributed by atoms with van der Waals surface area (Å²) in [6.07, 6.45) is 1.70. The van der Waals surface area contributed by atoms with Crippen molar-refractivity contribution in [3.8, 4) is 11.5 Å². The van der Waals surface area contributed by atoms with Crippen LogP contribution in [-0.2, 0) is 16.4 Å². The highest BCUT2D eigenvalue weighted by molar-refractivity contribution is 7.92. The van der Waals surface area contributed by atoms with Gasteiger partial charge in [-0.25, -0.2) is 8.42 Å². The number of anilines is 1. The third-order valence-corrected chi connectivity index (χ3v) is 3.95. The molecule has 0 saturated carbocycles. The standard InChI is InChI=1S/C17H17N3O3S/c1-12-4-3-5-13(10-12)11-16-18-17(23-19-16)14-6-8-15(9-7-14)20-24(2,21)22/h3-10,20H,11H2,1-2H3. The molecule has 124 valence electrons. The number of hydrogen-bond donors (Lipinski definition) is 1. The molecular formula is C17H17N3O3S. The summed E-state index contributed by atoms with van der Waals surface area (Å²) in [7, 11) is -3.29. The molecule has 0 atom stereocenters. The molecular weight excluding hydrogens is 326 g/mol. The largest absolute Gasteiger partial charge is 0.334 e. The first kappa shape index (κ1) is 16.2. The van der Waals surface area contributed by atoms with E-state index in [9.17, 15) is 8.42 Å². The molecule has 6 nitrogen and oxygen atoms in total. The summed E-state index contributed by atoms with van der Waals surface area (Å²) < 4.78 is 30.1. The molecule has 0 fully saturated rings. The van der Waals surface area contributed by atoms with E-state index in [4.69, 9.17) is 4.52 Å². The number of nitrogens with zero attached hydrogens (tertiary/aromatic N) is 2. The predicted octanol–water partition coefficient (Wildman–Crippen LogP) is 3.01. The van der Waals surface area contributed by atoms with Crippen molar-refractivity contribution >= 4 is 15.7 Å². The summed E-state index contributed by atoms with van der Waals surface area (Å²) >= 11 is 0. The van der Waals surface area contributed by atoms with Crippen LogP contribution in [0.25, 0.3) is 11.5 Å². The summed E-state index contributed by atoms with van der Waals surface area (Å²) in [5, 5.41) is 4.00. The van der Waals surface area contributed by atoms with Crippen LogP contribution in [0.2, 0.25) is 0 Å². The summed E-state index contributed by atoms with van der Waals surface area (Å²) in [6, 6.07) is 14.9. The van der Waals surface area contributed by atoms with Crippen LogP contribution in [-0.4, -0.2) is 24.8 Å². The van der Waals surface area contributed by atoms with Gasteiger partial charge in [-0.1, -0.05) is 35.0 Å². The van der Waals surface area contributed by atoms with Crippen LogP contribution in [0.1, 0.15) is 17.0 Å². The molecule has 7 heteroatoms. The number of hydrogen-bond acceptors (Lipinski definition) is 5. The van der Waals surface area contributed by atoms with Crippen molar-refractivity contribution in [3.05, 3.63) is 65.5 Å². The van der Waals surface area contributed by atoms with E-state index in [2.05, 4.69) is 20.9 Å². The zero-order valence-corrected chi connectivity index (χ0v) is 14.2. The Bertz CT molecular complexity index is 947. The van der Waals surface area contributed by atoms with Crippen molar-refractivity contribution < 1.29 is 12.9 Å². The first-order valence-electron chi connectivity index (χ1n) is 7.35. The van der Waals surface area contributed by atoms with Gasteiger partial charge in [-0.05, 0) is 36.8 Å². The Kier molecular flexibility index (Phi) is 4.35. The second-order valence-electron chi connectivity index (χ2n) is 5.63. The van der Waals surface area contributed by atoms with E-state index in [0.717, 1.165) is 17.4 Å². The maximum Gasteiger partial charge on any atom is 0.257 e. The van der Waals surface area contributed by atoms with Gasteiger partial charge in [-0.15, -0.1) is 0 Å². The van der Waals surface area contributed by atoms with Crippen LogP contribution in [0, 0.1) is 6.92 Å². The molecule has 0 radical (unpaired) electrons. The molecule has 0 aliphatic heterocycles. The zero-order chi connectivity index (χ0) is 17.2. The van der Waals surface area contributed by atoms with Crippen LogP contribution in [0.5, 0.6) is 0 Å². The van der Waals surface area contributed by atoms with Gasteiger partial charge in [0.15, 0.2) is 5.82 Å². The van der Waals surface area contributed by atoms with Crippen LogP contribution >= 0.6 is 0 Å². The van der Waals surface area contributed by atoms with E-state index in [-0.39, 0.29) is 0 Å². The van der Waals surface area contributed by atoms with E-state index in [0.29, 0.717) is 23.8 Å². The Morgan fingerprint density at radius 1 is 1.12 bits per heavy atom. The molecule has 0 aliphatic rings. The summed E-state index contributed by atoms with van der Waals surface area (Å²) in [5.41, 5.74) is 3.53. The lowest BCUT2D eigenvalue weighted by Gasteiger charge is -2.03. The normalized spacial score (nSPS) is 11.4. The lowest BCUT2D eigenvalue weighted by atomic mass is 10.1. The van der Waals surface area contributed by atoms with Crippen molar-refractivity contribution in [1.29, 1.82) is 0 Å². The van der Waals surface area contributed by atoms with Crippen LogP contribution in [0.15, 0.2) is 53.1 Å². The number of nitrogens with one attached hydrogen (secondary N) is 1. The fraction of sp³-hybridized carbons (Fsp3) is 0.176. The minimum Gasteiger partial charge on any atom is -0.334 e. The van der Waals surface area contributed by atoms with E-state index in [1.165, 1.54) is 5.56 Å². The average Bonchev–Trinajstić information content (AvgIpc) is 2.95. The molecule has 3 rings (SSSR count). The average molecular weight is 343 g/mol. The Hall–Kier alpha value is -2.67. The van der Waals surface area contributed by atoms with Gasteiger partial charge in [0.1, 0.15) is 0 Å². The molecule has 0 spiro atoms. The van der Waals surface area contributed by atoms with Crippen molar-refractivity contribution in [3.63, 3.8) is 0 Å². The van der Waals surface area contributed by atoms with Crippen LogP contribution in [0.3, 0.4) is 0 Å². The van der Waals surface area contributed by atoms with Gasteiger partial charge < -0.3 is 4.52 Å². The first-order chi connectivity index (χ1) is 11.4. The zero-order valence-electron chi connectivity index (χ0n) is 13.4. The van der Waals surface area contributed by atoms with Gasteiger partial charge in [-0.3, -0.25) is 4.72 Å². The SMILES string of the molecule is Cc1cccc(Cc2noc(-c3ccc(NS(C)(=O)=O)cc3)n2)c1. The second kappa shape index (κ2) is 6.45. The monoisotopic (exact) mass is 343 g/mol. The van der Waals surface area contributed by atoms with Crippen molar-refractivity contribution in [1.82, 2.24) is 10.1 Å². The van der Waals surface area contributed by atoms with Gasteiger partial charge in [0.2, 0.25) is 10.0 Å². The first-order valence-corrected chi connectivity index (χ1v) is 9.24. The highest BCUT2D eigenvalue weighted by Crippen LogP contribution is 2.21. The van der Waals surface area contributed by atoms with Crippen molar-refractivity contribution in [2.45, 2.75) is 13.3 Å². The minimum absolute atomic E-state index is 0.406. The van der Waals surface area contributed by atoms with E-state index >= 15 is 0 Å². The van der Waals surface area contributed by atoms with Crippen molar-refractivity contribution in [2.24, 2.45) is 0 Å². The van der Waals surface area contributed by atoms with Gasteiger partial charge in [0.05, 0.1) is 6.26 Å². The minimum atomic E-state index is -3.29. The molecule has 0 bridgehead atoms. The molecule has 0 amide bonds. The van der Waals surface area contributed by atoms with Gasteiger partial charge in [-0.2, -0.15) is 4.98 Å². The maximum absolute atomic E-state index is 11.2. The van der Waals surface area contributed by atoms with Gasteiger partial charge in [0.25, 0.3) is 5.89 Å². The number of benzene rings is 2. The molecule has 3 aromatic rings. The fourth-order valence-corrected chi connectivity index (χ4v) is 2.91. The molecule has 0 unspecified atom stereocenters. The van der Waals surface area contributed by atoms with E-state index in [1.807, 2.05) is 25.1 Å². The lowest BCUT2D eigenvalue weighted by Crippen LogP contribution is -2.09. The quantitative estimate of drug-likeness (QED) is 0.770. The lowest BCUT2D eigenvalue weighted by molar-refractivity contribution is 0.424. The van der Waals surface area contributed by atoms with E-state index in [1.54, 1.807) is 24.3 Å². The molecule has 0 saturated heterocycles. The predicted molar refractivity (Wildman–Crippen MR) is 92.2 cm³/mol. The molecule has 24 heavy (non-hydrogen) atoms. The number of rotatable bonds is 5. The molecule has 0 aliphatic carbocycles. The van der Waals surface area contributed by atoms with Crippen LogP contribution < -0.4 is 4.72 Å². The second-order valence-corrected chi connectivity index (χ2v) is 7.38. The van der Waals surface area contributed by atoms with Gasteiger partial charge in [0, 0.05) is 17.7 Å². The van der Waals surface area contributed by atoms with E-state index < -0.39 is 10.0 Å². The number of aryl methyl sites for hydroxylation is 1. The maximum atomic E-state index is 11.2. The number of aromatic nitrogens is 2. The molecule has 1 heterocycles. The fourth-order valence-electron chi connectivity index (χ4n) is 2.34. The van der Waals surface area contributed by atoms with Gasteiger partial charge >= 0.3 is 0 Å².